The summed E-state index contributed by atoms with van der Waals surface area (Å²) in [6.45, 7) is 5.41. The topological polar surface area (TPSA) is 102 Å². The number of rotatable bonds is 6. The minimum Gasteiger partial charge on any atom is -0.444 e. The summed E-state index contributed by atoms with van der Waals surface area (Å²) in [6.07, 6.45) is 3.73. The van der Waals surface area contributed by atoms with Crippen LogP contribution in [0.25, 0.3) is 6.08 Å². The van der Waals surface area contributed by atoms with Crippen LogP contribution in [-0.2, 0) is 11.3 Å². The number of benzene rings is 1. The van der Waals surface area contributed by atoms with Gasteiger partial charge in [0, 0.05) is 12.6 Å². The van der Waals surface area contributed by atoms with Gasteiger partial charge in [-0.25, -0.2) is 4.79 Å². The number of carbonyl (C=O) groups is 1. The van der Waals surface area contributed by atoms with Crippen molar-refractivity contribution in [3.8, 4) is 0 Å². The molecule has 0 aliphatic heterocycles. The van der Waals surface area contributed by atoms with Crippen LogP contribution in [0, 0.1) is 10.1 Å². The zero-order chi connectivity index (χ0) is 17.5. The summed E-state index contributed by atoms with van der Waals surface area (Å²) in [5, 5.41) is 22.6. The third-order valence-corrected chi connectivity index (χ3v) is 2.76. The molecule has 0 saturated heterocycles. The molecular weight excluding hydrogens is 300 g/mol. The van der Waals surface area contributed by atoms with Crippen LogP contribution in [-0.4, -0.2) is 28.3 Å². The first-order valence-electron chi connectivity index (χ1n) is 7.24. The van der Waals surface area contributed by atoms with E-state index in [-0.39, 0.29) is 11.3 Å². The first-order chi connectivity index (χ1) is 10.7. The minimum absolute atomic E-state index is 0.101. The highest BCUT2D eigenvalue weighted by Crippen LogP contribution is 2.20. The molecule has 23 heavy (non-hydrogen) atoms. The van der Waals surface area contributed by atoms with Gasteiger partial charge in [0.2, 0.25) is 0 Å². The second-order valence-corrected chi connectivity index (χ2v) is 5.92. The zero-order valence-electron chi connectivity index (χ0n) is 13.5. The van der Waals surface area contributed by atoms with E-state index in [9.17, 15) is 14.9 Å². The van der Waals surface area contributed by atoms with Crippen LogP contribution in [0.3, 0.4) is 0 Å². The van der Waals surface area contributed by atoms with Crippen LogP contribution in [0.5, 0.6) is 0 Å². The number of nitro benzene ring substituents is 1. The highest BCUT2D eigenvalue weighted by Gasteiger charge is 2.15. The number of aliphatic hydroxyl groups is 1. The van der Waals surface area contributed by atoms with Crippen molar-refractivity contribution in [3.63, 3.8) is 0 Å². The minimum atomic E-state index is -0.528. The first kappa shape index (κ1) is 18.6. The van der Waals surface area contributed by atoms with Gasteiger partial charge >= 0.3 is 6.09 Å². The largest absolute Gasteiger partial charge is 0.444 e. The molecular formula is C16H22N2O5. The molecule has 0 saturated carbocycles. The lowest BCUT2D eigenvalue weighted by molar-refractivity contribution is -0.385. The average molecular weight is 322 g/mol. The number of aliphatic hydroxyl groups excluding tert-OH is 1. The van der Waals surface area contributed by atoms with Crippen molar-refractivity contribution in [2.75, 3.05) is 6.54 Å². The second-order valence-electron chi connectivity index (χ2n) is 5.92. The number of nitrogens with zero attached hydrogens (tertiary/aromatic N) is 1. The number of nitro groups is 1. The fourth-order valence-electron chi connectivity index (χ4n) is 1.81. The summed E-state index contributed by atoms with van der Waals surface area (Å²) < 4.78 is 5.10. The fraction of sp³-hybridized carbons (Fsp3) is 0.438. The number of ether oxygens (including phenoxy) is 1. The molecule has 0 aromatic heterocycles. The fourth-order valence-corrected chi connectivity index (χ4v) is 1.81. The van der Waals surface area contributed by atoms with E-state index in [2.05, 4.69) is 5.32 Å². The number of nitrogens with one attached hydrogen (secondary N) is 1. The molecule has 126 valence electrons. The Hall–Kier alpha value is -2.41. The molecule has 0 aliphatic carbocycles. The number of amides is 1. The molecule has 0 unspecified atom stereocenters. The van der Waals surface area contributed by atoms with Crippen molar-refractivity contribution in [1.82, 2.24) is 5.32 Å². The van der Waals surface area contributed by atoms with Gasteiger partial charge in [-0.2, -0.15) is 0 Å². The van der Waals surface area contributed by atoms with E-state index in [1.165, 1.54) is 6.07 Å². The third-order valence-electron chi connectivity index (χ3n) is 2.76. The molecule has 1 amide bonds. The van der Waals surface area contributed by atoms with E-state index in [0.29, 0.717) is 13.0 Å². The highest BCUT2D eigenvalue weighted by atomic mass is 16.6. The molecule has 7 nitrogen and oxygen atoms in total. The maximum Gasteiger partial charge on any atom is 0.407 e. The summed E-state index contributed by atoms with van der Waals surface area (Å²) in [7, 11) is 0. The predicted molar refractivity (Wildman–Crippen MR) is 86.9 cm³/mol. The summed E-state index contributed by atoms with van der Waals surface area (Å²) in [5.74, 6) is 0. The number of carbonyl (C=O) groups excluding carboxylic acids is 1. The summed E-state index contributed by atoms with van der Waals surface area (Å²) in [5.41, 5.74) is 0.386. The van der Waals surface area contributed by atoms with Gasteiger partial charge in [-0.05, 0) is 44.9 Å². The Bertz CT molecular complexity index is 591. The quantitative estimate of drug-likeness (QED) is 0.476. The highest BCUT2D eigenvalue weighted by molar-refractivity contribution is 5.67. The Labute approximate surface area is 135 Å². The van der Waals surface area contributed by atoms with Crippen molar-refractivity contribution >= 4 is 17.9 Å². The van der Waals surface area contributed by atoms with Gasteiger partial charge in [-0.15, -0.1) is 0 Å². The lowest BCUT2D eigenvalue weighted by Crippen LogP contribution is -2.32. The van der Waals surface area contributed by atoms with Crippen LogP contribution in [0.2, 0.25) is 0 Å². The SMILES string of the molecule is CC(C)(C)OC(=O)NCCC=Cc1ccc([N+](=O)[O-])c(CO)c1. The number of alkyl carbamates (subject to hydrolysis) is 1. The molecule has 0 heterocycles. The number of hydrogen-bond acceptors (Lipinski definition) is 5. The average Bonchev–Trinajstić information content (AvgIpc) is 2.44. The standard InChI is InChI=1S/C16H22N2O5/c1-16(2,3)23-15(20)17-9-5-4-6-12-7-8-14(18(21)22)13(10-12)11-19/h4,6-8,10,19H,5,9,11H2,1-3H3,(H,17,20). The molecule has 1 aromatic rings. The smallest absolute Gasteiger partial charge is 0.407 e. The van der Waals surface area contributed by atoms with Gasteiger partial charge in [-0.3, -0.25) is 10.1 Å². The molecule has 0 fully saturated rings. The summed E-state index contributed by atoms with van der Waals surface area (Å²) >= 11 is 0. The molecule has 2 N–H and O–H groups in total. The number of hydrogen-bond donors (Lipinski definition) is 2. The van der Waals surface area contributed by atoms with Crippen molar-refractivity contribution in [2.45, 2.75) is 39.4 Å². The van der Waals surface area contributed by atoms with Crippen LogP contribution >= 0.6 is 0 Å². The molecule has 0 atom stereocenters. The van der Waals surface area contributed by atoms with Crippen LogP contribution < -0.4 is 5.32 Å². The Morgan fingerprint density at radius 3 is 2.70 bits per heavy atom. The van der Waals surface area contributed by atoms with Crippen molar-refractivity contribution in [1.29, 1.82) is 0 Å². The predicted octanol–water partition coefficient (Wildman–Crippen LogP) is 3.02. The van der Waals surface area contributed by atoms with E-state index in [0.717, 1.165) is 5.56 Å². The van der Waals surface area contributed by atoms with Crippen LogP contribution in [0.15, 0.2) is 24.3 Å². The van der Waals surface area contributed by atoms with E-state index in [4.69, 9.17) is 9.84 Å². The molecule has 0 aliphatic rings. The van der Waals surface area contributed by atoms with Gasteiger partial charge < -0.3 is 15.2 Å². The van der Waals surface area contributed by atoms with E-state index >= 15 is 0 Å². The molecule has 1 rings (SSSR count). The monoisotopic (exact) mass is 322 g/mol. The molecule has 0 radical (unpaired) electrons. The van der Waals surface area contributed by atoms with Gasteiger partial charge in [0.05, 0.1) is 17.1 Å². The Morgan fingerprint density at radius 1 is 1.43 bits per heavy atom. The van der Waals surface area contributed by atoms with Gasteiger partial charge in [0.25, 0.3) is 5.69 Å². The van der Waals surface area contributed by atoms with E-state index in [1.54, 1.807) is 39.0 Å². The maximum absolute atomic E-state index is 11.4. The second kappa shape index (κ2) is 8.28. The first-order valence-corrected chi connectivity index (χ1v) is 7.24. The molecule has 1 aromatic carbocycles. The van der Waals surface area contributed by atoms with Crippen molar-refractivity contribution < 1.29 is 19.6 Å². The van der Waals surface area contributed by atoms with E-state index < -0.39 is 23.2 Å². The summed E-state index contributed by atoms with van der Waals surface area (Å²) in [6, 6.07) is 4.54. The van der Waals surface area contributed by atoms with Gasteiger partial charge in [-0.1, -0.05) is 12.2 Å². The Kier molecular flexibility index (Phi) is 6.71. The van der Waals surface area contributed by atoms with Crippen molar-refractivity contribution in [2.24, 2.45) is 0 Å². The lowest BCUT2D eigenvalue weighted by Gasteiger charge is -2.19. The van der Waals surface area contributed by atoms with Gasteiger partial charge in [0.15, 0.2) is 0 Å². The van der Waals surface area contributed by atoms with E-state index in [1.807, 2.05) is 6.08 Å². The zero-order valence-corrected chi connectivity index (χ0v) is 13.5. The molecule has 7 heteroatoms. The van der Waals surface area contributed by atoms with Crippen LogP contribution in [0.1, 0.15) is 38.3 Å². The Balaban J connectivity index is 2.49. The molecule has 0 bridgehead atoms. The van der Waals surface area contributed by atoms with Crippen LogP contribution in [0.4, 0.5) is 10.5 Å². The third kappa shape index (κ3) is 6.92. The lowest BCUT2D eigenvalue weighted by atomic mass is 10.1. The van der Waals surface area contributed by atoms with Crippen molar-refractivity contribution in [3.05, 3.63) is 45.5 Å². The maximum atomic E-state index is 11.4. The summed E-state index contributed by atoms with van der Waals surface area (Å²) in [4.78, 5) is 21.7. The normalized spacial score (nSPS) is 11.5. The molecule has 0 spiro atoms. The Morgan fingerprint density at radius 2 is 2.13 bits per heavy atom. The van der Waals surface area contributed by atoms with Gasteiger partial charge in [0.1, 0.15) is 5.60 Å².